The molecule has 9 heavy (non-hydrogen) atoms. The molecule has 0 radical (unpaired) electrons. The first-order valence-electron chi connectivity index (χ1n) is 2.87. The Hall–Kier alpha value is 0.310. The van der Waals surface area contributed by atoms with Crippen molar-refractivity contribution in [2.24, 2.45) is 0 Å². The molecule has 0 aromatic carbocycles. The van der Waals surface area contributed by atoms with Crippen molar-refractivity contribution in [2.75, 3.05) is 13.7 Å². The minimum Gasteiger partial charge on any atom is -0.183 e. The summed E-state index contributed by atoms with van der Waals surface area (Å²) in [6.45, 7) is 4.63. The highest BCUT2D eigenvalue weighted by molar-refractivity contribution is 7.42. The van der Waals surface area contributed by atoms with Gasteiger partial charge in [-0.2, -0.15) is 13.6 Å². The first-order chi connectivity index (χ1) is 4.14. The maximum Gasteiger partial charge on any atom is 0.398 e. The molecule has 0 spiro atoms. The SMILES string of the molecule is CO[PH+]1OCC(C)(C)O1. The molecule has 0 aromatic rings. The van der Waals surface area contributed by atoms with Crippen LogP contribution in [0.15, 0.2) is 0 Å². The third-order valence-corrected chi connectivity index (χ3v) is 2.50. The van der Waals surface area contributed by atoms with E-state index >= 15 is 0 Å². The van der Waals surface area contributed by atoms with E-state index in [1.54, 1.807) is 7.11 Å². The van der Waals surface area contributed by atoms with Crippen LogP contribution in [0.5, 0.6) is 0 Å². The molecule has 0 saturated carbocycles. The van der Waals surface area contributed by atoms with E-state index in [9.17, 15) is 0 Å². The van der Waals surface area contributed by atoms with Gasteiger partial charge < -0.3 is 0 Å². The van der Waals surface area contributed by atoms with E-state index in [2.05, 4.69) is 0 Å². The molecular weight excluding hydrogens is 139 g/mol. The van der Waals surface area contributed by atoms with Crippen LogP contribution in [0.3, 0.4) is 0 Å². The zero-order valence-electron chi connectivity index (χ0n) is 5.93. The van der Waals surface area contributed by atoms with Crippen LogP contribution in [0.1, 0.15) is 13.8 Å². The van der Waals surface area contributed by atoms with E-state index in [1.807, 2.05) is 13.8 Å². The molecule has 1 rings (SSSR count). The van der Waals surface area contributed by atoms with Crippen LogP contribution < -0.4 is 0 Å². The van der Waals surface area contributed by atoms with Crippen molar-refractivity contribution in [3.05, 3.63) is 0 Å². The summed E-state index contributed by atoms with van der Waals surface area (Å²) < 4.78 is 15.4. The lowest BCUT2D eigenvalue weighted by Gasteiger charge is -2.06. The van der Waals surface area contributed by atoms with Gasteiger partial charge in [0.2, 0.25) is 0 Å². The average molecular weight is 151 g/mol. The van der Waals surface area contributed by atoms with Gasteiger partial charge in [0.1, 0.15) is 12.2 Å². The molecule has 0 N–H and O–H groups in total. The summed E-state index contributed by atoms with van der Waals surface area (Å²) in [6, 6.07) is 0. The predicted molar refractivity (Wildman–Crippen MR) is 36.4 cm³/mol. The predicted octanol–water partition coefficient (Wildman–Crippen LogP) is 1.42. The third kappa shape index (κ3) is 1.87. The number of hydrogen-bond acceptors (Lipinski definition) is 3. The Bertz CT molecular complexity index is 104. The molecule has 1 unspecified atom stereocenters. The maximum atomic E-state index is 5.36. The molecule has 3 nitrogen and oxygen atoms in total. The fourth-order valence-corrected chi connectivity index (χ4v) is 1.85. The zero-order valence-corrected chi connectivity index (χ0v) is 6.93. The normalized spacial score (nSPS) is 33.0. The summed E-state index contributed by atoms with van der Waals surface area (Å²) in [5.41, 5.74) is -0.135. The fourth-order valence-electron chi connectivity index (χ4n) is 0.618. The van der Waals surface area contributed by atoms with Crippen LogP contribution in [-0.4, -0.2) is 19.3 Å². The monoisotopic (exact) mass is 151 g/mol. The molecule has 0 aromatic heterocycles. The third-order valence-electron chi connectivity index (χ3n) is 1.06. The molecule has 4 heteroatoms. The van der Waals surface area contributed by atoms with Gasteiger partial charge in [-0.15, -0.1) is 0 Å². The molecule has 1 heterocycles. The molecule has 1 aliphatic rings. The van der Waals surface area contributed by atoms with E-state index in [0.717, 1.165) is 0 Å². The average Bonchev–Trinajstić information content (AvgIpc) is 2.10. The highest BCUT2D eigenvalue weighted by Gasteiger charge is 2.41. The molecular formula is C5H12O3P+. The summed E-state index contributed by atoms with van der Waals surface area (Å²) in [5, 5.41) is 0. The smallest absolute Gasteiger partial charge is 0.183 e. The van der Waals surface area contributed by atoms with Crippen molar-refractivity contribution >= 4 is 8.60 Å². The number of rotatable bonds is 1. The Balaban J connectivity index is 2.38. The maximum absolute atomic E-state index is 5.36. The standard InChI is InChI=1S/C5H12O3P/c1-5(2)4-7-9(6-3)8-5/h9H,4H2,1-3H3/q+1. The van der Waals surface area contributed by atoms with Gasteiger partial charge in [-0.3, -0.25) is 0 Å². The zero-order chi connectivity index (χ0) is 6.91. The van der Waals surface area contributed by atoms with Gasteiger partial charge in [0.05, 0.1) is 7.11 Å². The van der Waals surface area contributed by atoms with Crippen molar-refractivity contribution in [3.8, 4) is 0 Å². The van der Waals surface area contributed by atoms with E-state index < -0.39 is 8.60 Å². The second-order valence-electron chi connectivity index (χ2n) is 2.60. The van der Waals surface area contributed by atoms with Gasteiger partial charge in [0.15, 0.2) is 0 Å². The van der Waals surface area contributed by atoms with E-state index in [0.29, 0.717) is 6.61 Å². The quantitative estimate of drug-likeness (QED) is 0.530. The van der Waals surface area contributed by atoms with Crippen LogP contribution in [0, 0.1) is 0 Å². The summed E-state index contributed by atoms with van der Waals surface area (Å²) in [7, 11) is 0.249. The summed E-state index contributed by atoms with van der Waals surface area (Å²) in [5.74, 6) is 0. The molecule has 1 saturated heterocycles. The Labute approximate surface area is 56.3 Å². The lowest BCUT2D eigenvalue weighted by atomic mass is 10.2. The first-order valence-corrected chi connectivity index (χ1v) is 4.09. The van der Waals surface area contributed by atoms with Gasteiger partial charge in [-0.1, -0.05) is 0 Å². The Morgan fingerprint density at radius 2 is 2.22 bits per heavy atom. The molecule has 1 atom stereocenters. The lowest BCUT2D eigenvalue weighted by Crippen LogP contribution is -2.20. The summed E-state index contributed by atoms with van der Waals surface area (Å²) in [6.07, 6.45) is 0. The van der Waals surface area contributed by atoms with E-state index in [1.165, 1.54) is 0 Å². The largest absolute Gasteiger partial charge is 0.398 e. The summed E-state index contributed by atoms with van der Waals surface area (Å²) >= 11 is 0. The van der Waals surface area contributed by atoms with Crippen molar-refractivity contribution in [2.45, 2.75) is 19.4 Å². The number of hydrogen-bond donors (Lipinski definition) is 0. The van der Waals surface area contributed by atoms with Gasteiger partial charge in [-0.25, -0.2) is 0 Å². The first kappa shape index (κ1) is 7.42. The molecule has 1 aliphatic heterocycles. The second kappa shape index (κ2) is 2.51. The van der Waals surface area contributed by atoms with Gasteiger partial charge in [0.25, 0.3) is 0 Å². The molecule has 1 fully saturated rings. The second-order valence-corrected chi connectivity index (χ2v) is 4.01. The molecule has 0 aliphatic carbocycles. The van der Waals surface area contributed by atoms with Crippen LogP contribution >= 0.6 is 8.60 Å². The Morgan fingerprint density at radius 1 is 1.56 bits per heavy atom. The van der Waals surface area contributed by atoms with Crippen LogP contribution in [0.4, 0.5) is 0 Å². The Morgan fingerprint density at radius 3 is 2.44 bits per heavy atom. The van der Waals surface area contributed by atoms with Gasteiger partial charge in [-0.05, 0) is 13.8 Å². The van der Waals surface area contributed by atoms with Crippen molar-refractivity contribution < 1.29 is 13.6 Å². The minimum atomic E-state index is -1.36. The summed E-state index contributed by atoms with van der Waals surface area (Å²) in [4.78, 5) is 0. The van der Waals surface area contributed by atoms with E-state index in [-0.39, 0.29) is 5.60 Å². The van der Waals surface area contributed by atoms with Gasteiger partial charge in [0, 0.05) is 0 Å². The topological polar surface area (TPSA) is 27.7 Å². The van der Waals surface area contributed by atoms with Crippen molar-refractivity contribution in [1.82, 2.24) is 0 Å². The van der Waals surface area contributed by atoms with Crippen LogP contribution in [0.25, 0.3) is 0 Å². The van der Waals surface area contributed by atoms with Crippen molar-refractivity contribution in [1.29, 1.82) is 0 Å². The van der Waals surface area contributed by atoms with Crippen molar-refractivity contribution in [3.63, 3.8) is 0 Å². The minimum absolute atomic E-state index is 0.135. The lowest BCUT2D eigenvalue weighted by molar-refractivity contribution is 0.135. The van der Waals surface area contributed by atoms with E-state index in [4.69, 9.17) is 13.6 Å². The highest BCUT2D eigenvalue weighted by atomic mass is 31.2. The van der Waals surface area contributed by atoms with Gasteiger partial charge >= 0.3 is 8.60 Å². The fraction of sp³-hybridized carbons (Fsp3) is 1.00. The molecule has 0 amide bonds. The molecule has 54 valence electrons. The highest BCUT2D eigenvalue weighted by Crippen LogP contribution is 2.49. The van der Waals surface area contributed by atoms with Crippen LogP contribution in [0.2, 0.25) is 0 Å². The Kier molecular flexibility index (Phi) is 2.07. The molecule has 0 bridgehead atoms. The van der Waals surface area contributed by atoms with Crippen LogP contribution in [-0.2, 0) is 13.6 Å².